The van der Waals surface area contributed by atoms with Crippen LogP contribution in [0.1, 0.15) is 18.5 Å². The maximum Gasteiger partial charge on any atom is 0.211 e. The summed E-state index contributed by atoms with van der Waals surface area (Å²) in [5, 5.41) is 0.0269. The molecule has 1 aliphatic rings. The van der Waals surface area contributed by atoms with Crippen molar-refractivity contribution in [1.29, 1.82) is 0 Å². The second-order valence-electron chi connectivity index (χ2n) is 3.79. The van der Waals surface area contributed by atoms with Gasteiger partial charge >= 0.3 is 0 Å². The number of aliphatic imine (C=N–C) groups is 1. The van der Waals surface area contributed by atoms with E-state index in [0.717, 1.165) is 11.3 Å². The summed E-state index contributed by atoms with van der Waals surface area (Å²) < 4.78 is 0. The summed E-state index contributed by atoms with van der Waals surface area (Å²) in [4.78, 5) is 15.8. The molecule has 0 radical (unpaired) electrons. The van der Waals surface area contributed by atoms with Crippen molar-refractivity contribution >= 4 is 22.6 Å². The molecule has 0 amide bonds. The normalized spacial score (nSPS) is 25.0. The number of carbonyl (C=O) groups excluding carboxylic acids is 1. The van der Waals surface area contributed by atoms with E-state index in [1.165, 1.54) is 11.8 Å². The van der Waals surface area contributed by atoms with Crippen LogP contribution in [0.5, 0.6) is 0 Å². The summed E-state index contributed by atoms with van der Waals surface area (Å²) in [6.07, 6.45) is 0. The topological polar surface area (TPSA) is 55.5 Å². The van der Waals surface area contributed by atoms with Crippen molar-refractivity contribution in [2.24, 2.45) is 10.7 Å². The number of benzene rings is 1. The van der Waals surface area contributed by atoms with Crippen LogP contribution in [0, 0.1) is 0 Å². The van der Waals surface area contributed by atoms with Gasteiger partial charge in [-0.05, 0) is 12.5 Å². The van der Waals surface area contributed by atoms with Gasteiger partial charge in [0.15, 0.2) is 0 Å². The van der Waals surface area contributed by atoms with Gasteiger partial charge in [0.1, 0.15) is 6.04 Å². The molecule has 2 rings (SSSR count). The number of rotatable bonds is 2. The van der Waals surface area contributed by atoms with Crippen LogP contribution in [0.25, 0.3) is 0 Å². The van der Waals surface area contributed by atoms with Gasteiger partial charge in [0.2, 0.25) is 5.12 Å². The van der Waals surface area contributed by atoms with Crippen molar-refractivity contribution in [3.8, 4) is 0 Å². The first kappa shape index (κ1) is 11.4. The molecule has 0 aromatic heterocycles. The lowest BCUT2D eigenvalue weighted by molar-refractivity contribution is -0.110. The van der Waals surface area contributed by atoms with Crippen molar-refractivity contribution in [2.75, 3.05) is 5.75 Å². The molecule has 0 bridgehead atoms. The molecular weight excluding hydrogens is 220 g/mol. The van der Waals surface area contributed by atoms with E-state index in [4.69, 9.17) is 5.73 Å². The molecule has 1 heterocycles. The minimum Gasteiger partial charge on any atom is -0.316 e. The van der Waals surface area contributed by atoms with Crippen LogP contribution in [0.2, 0.25) is 0 Å². The molecule has 0 spiro atoms. The van der Waals surface area contributed by atoms with Crippen molar-refractivity contribution in [2.45, 2.75) is 19.0 Å². The van der Waals surface area contributed by atoms with Crippen LogP contribution < -0.4 is 5.73 Å². The molecule has 84 valence electrons. The Bertz CT molecular complexity index is 416. The Morgan fingerprint density at radius 2 is 2.12 bits per heavy atom. The fourth-order valence-corrected chi connectivity index (χ4v) is 2.49. The molecule has 0 aliphatic carbocycles. The van der Waals surface area contributed by atoms with E-state index in [-0.39, 0.29) is 11.2 Å². The number of carbonyl (C=O) groups is 1. The average molecular weight is 234 g/mol. The zero-order valence-electron chi connectivity index (χ0n) is 9.09. The first-order valence-corrected chi connectivity index (χ1v) is 6.21. The predicted octanol–water partition coefficient (Wildman–Crippen LogP) is 1.79. The molecule has 1 unspecified atom stereocenters. The van der Waals surface area contributed by atoms with Crippen LogP contribution in [0.15, 0.2) is 35.3 Å². The summed E-state index contributed by atoms with van der Waals surface area (Å²) in [6.45, 7) is 2.02. The van der Waals surface area contributed by atoms with Crippen molar-refractivity contribution in [3.05, 3.63) is 35.9 Å². The minimum atomic E-state index is -0.504. The smallest absolute Gasteiger partial charge is 0.211 e. The van der Waals surface area contributed by atoms with Gasteiger partial charge in [-0.1, -0.05) is 42.1 Å². The van der Waals surface area contributed by atoms with Gasteiger partial charge in [-0.25, -0.2) is 0 Å². The Labute approximate surface area is 99.1 Å². The fourth-order valence-electron chi connectivity index (χ4n) is 1.63. The van der Waals surface area contributed by atoms with Gasteiger partial charge in [0.05, 0.1) is 6.04 Å². The molecule has 1 saturated heterocycles. The average Bonchev–Trinajstić information content (AvgIpc) is 2.62. The molecule has 2 N–H and O–H groups in total. The molecule has 3 nitrogen and oxygen atoms in total. The third-order valence-electron chi connectivity index (χ3n) is 2.62. The van der Waals surface area contributed by atoms with Gasteiger partial charge < -0.3 is 5.73 Å². The fraction of sp³-hybridized carbons (Fsp3) is 0.333. The summed E-state index contributed by atoms with van der Waals surface area (Å²) in [5.74, 6) is 0.636. The lowest BCUT2D eigenvalue weighted by atomic mass is 10.1. The highest BCUT2D eigenvalue weighted by Gasteiger charge is 2.28. The van der Waals surface area contributed by atoms with Crippen LogP contribution in [0.3, 0.4) is 0 Å². The molecule has 1 aromatic carbocycles. The molecular formula is C12H14N2OS. The van der Waals surface area contributed by atoms with Gasteiger partial charge in [0.25, 0.3) is 0 Å². The molecule has 1 aromatic rings. The number of nitrogens with zero attached hydrogens (tertiary/aromatic N) is 1. The van der Waals surface area contributed by atoms with Gasteiger partial charge in [0, 0.05) is 11.5 Å². The first-order chi connectivity index (χ1) is 7.68. The molecule has 1 fully saturated rings. The quantitative estimate of drug-likeness (QED) is 0.848. The Balaban J connectivity index is 2.16. The second kappa shape index (κ2) is 4.80. The Morgan fingerprint density at radius 1 is 1.44 bits per heavy atom. The van der Waals surface area contributed by atoms with E-state index in [1.54, 1.807) is 0 Å². The van der Waals surface area contributed by atoms with Crippen LogP contribution in [0.4, 0.5) is 0 Å². The predicted molar refractivity (Wildman–Crippen MR) is 67.7 cm³/mol. The van der Waals surface area contributed by atoms with Crippen molar-refractivity contribution in [1.82, 2.24) is 0 Å². The standard InChI is InChI=1S/C12H14N2OS/c1-8(9-5-3-2-4-6-9)14-10-7-16-12(15)11(10)13/h2-6,8,11H,7,13H2,1H3/t8-,11?/m1/s1. The Hall–Kier alpha value is -1.13. The van der Waals surface area contributed by atoms with E-state index in [2.05, 4.69) is 4.99 Å². The Morgan fingerprint density at radius 3 is 2.69 bits per heavy atom. The highest BCUT2D eigenvalue weighted by Crippen LogP contribution is 2.21. The Kier molecular flexibility index (Phi) is 3.41. The van der Waals surface area contributed by atoms with E-state index in [9.17, 15) is 4.79 Å². The number of nitrogens with two attached hydrogens (primary N) is 1. The molecule has 4 heteroatoms. The zero-order chi connectivity index (χ0) is 11.5. The van der Waals surface area contributed by atoms with Gasteiger partial charge in [-0.2, -0.15) is 0 Å². The maximum atomic E-state index is 11.3. The third-order valence-corrected chi connectivity index (χ3v) is 3.60. The van der Waals surface area contributed by atoms with Gasteiger partial charge in [-0.15, -0.1) is 0 Å². The zero-order valence-corrected chi connectivity index (χ0v) is 9.91. The summed E-state index contributed by atoms with van der Waals surface area (Å²) in [5.41, 5.74) is 7.70. The molecule has 2 atom stereocenters. The van der Waals surface area contributed by atoms with E-state index in [0.29, 0.717) is 5.75 Å². The van der Waals surface area contributed by atoms with E-state index < -0.39 is 6.04 Å². The van der Waals surface area contributed by atoms with Crippen LogP contribution >= 0.6 is 11.8 Å². The first-order valence-electron chi connectivity index (χ1n) is 5.22. The number of thioether (sulfide) groups is 1. The van der Waals surface area contributed by atoms with E-state index in [1.807, 2.05) is 37.3 Å². The SMILES string of the molecule is C[C@@H](N=C1CSC(=O)C1N)c1ccccc1. The largest absolute Gasteiger partial charge is 0.316 e. The minimum absolute atomic E-state index is 0.0269. The number of hydrogen-bond acceptors (Lipinski definition) is 4. The van der Waals surface area contributed by atoms with E-state index >= 15 is 0 Å². The number of hydrogen-bond donors (Lipinski definition) is 1. The molecule has 0 saturated carbocycles. The molecule has 16 heavy (non-hydrogen) atoms. The summed E-state index contributed by atoms with van der Waals surface area (Å²) in [6, 6.07) is 9.57. The van der Waals surface area contributed by atoms with Crippen LogP contribution in [-0.2, 0) is 4.79 Å². The third kappa shape index (κ3) is 2.33. The monoisotopic (exact) mass is 234 g/mol. The lowest BCUT2D eigenvalue weighted by Crippen LogP contribution is -2.32. The maximum absolute atomic E-state index is 11.3. The summed E-state index contributed by atoms with van der Waals surface area (Å²) in [7, 11) is 0. The van der Waals surface area contributed by atoms with Gasteiger partial charge in [-0.3, -0.25) is 9.79 Å². The second-order valence-corrected chi connectivity index (χ2v) is 4.77. The highest BCUT2D eigenvalue weighted by molar-refractivity contribution is 8.15. The van der Waals surface area contributed by atoms with Crippen molar-refractivity contribution in [3.63, 3.8) is 0 Å². The molecule has 1 aliphatic heterocycles. The lowest BCUT2D eigenvalue weighted by Gasteiger charge is -2.09. The van der Waals surface area contributed by atoms with Crippen molar-refractivity contribution < 1.29 is 4.79 Å². The highest BCUT2D eigenvalue weighted by atomic mass is 32.2. The van der Waals surface area contributed by atoms with Crippen LogP contribution in [-0.4, -0.2) is 22.6 Å². The summed E-state index contributed by atoms with van der Waals surface area (Å²) >= 11 is 1.26.